The van der Waals surface area contributed by atoms with E-state index in [0.717, 1.165) is 65.8 Å². The Labute approximate surface area is 254 Å². The molecular formula is C30H34N6O3S3. The number of fused-ring (bicyclic) bond motifs is 1. The van der Waals surface area contributed by atoms with Crippen molar-refractivity contribution in [3.63, 3.8) is 0 Å². The van der Waals surface area contributed by atoms with Crippen LogP contribution in [0.1, 0.15) is 17.5 Å². The molecule has 0 bridgehead atoms. The van der Waals surface area contributed by atoms with Crippen LogP contribution in [0.5, 0.6) is 0 Å². The number of piperazine rings is 1. The fraction of sp³-hybridized carbons (Fsp3) is 0.333. The third-order valence-corrected chi connectivity index (χ3v) is 11.5. The average molecular weight is 623 g/mol. The maximum absolute atomic E-state index is 13.7. The summed E-state index contributed by atoms with van der Waals surface area (Å²) in [6.45, 7) is 9.65. The molecule has 1 fully saturated rings. The number of sulfonamides is 1. The van der Waals surface area contributed by atoms with Gasteiger partial charge in [-0.05, 0) is 49.6 Å². The van der Waals surface area contributed by atoms with Crippen LogP contribution in [0.25, 0.3) is 21.6 Å². The molecule has 220 valence electrons. The summed E-state index contributed by atoms with van der Waals surface area (Å²) in [5.41, 5.74) is 3.28. The molecule has 0 saturated carbocycles. The van der Waals surface area contributed by atoms with E-state index in [9.17, 15) is 8.42 Å². The van der Waals surface area contributed by atoms with Crippen LogP contribution in [0.3, 0.4) is 0 Å². The van der Waals surface area contributed by atoms with Crippen molar-refractivity contribution in [3.8, 4) is 10.7 Å². The predicted molar refractivity (Wildman–Crippen MR) is 171 cm³/mol. The monoisotopic (exact) mass is 622 g/mol. The first-order valence-electron chi connectivity index (χ1n) is 14.0. The Balaban J connectivity index is 1.20. The first-order chi connectivity index (χ1) is 20.4. The zero-order valence-corrected chi connectivity index (χ0v) is 26.1. The summed E-state index contributed by atoms with van der Waals surface area (Å²) < 4.78 is 34.6. The normalized spacial score (nSPS) is 14.6. The molecule has 0 spiro atoms. The lowest BCUT2D eigenvalue weighted by Gasteiger charge is -2.35. The standard InChI is InChI=1S/C30H34N6O3S3/c1-3-39-17-16-36(42(37,38)28-11-6-18-40-28)26-9-5-8-23-19-25(33-29(23)26)30-31-20-24(41-30)21-34-12-14-35(15-13-34)27-10-4-7-22(2)32-27/h4-11,18-20,33H,3,12-17,21H2,1-2H3. The number of H-pyrrole nitrogens is 1. The van der Waals surface area contributed by atoms with Crippen molar-refractivity contribution in [2.24, 2.45) is 0 Å². The highest BCUT2D eigenvalue weighted by Gasteiger charge is 2.28. The fourth-order valence-electron chi connectivity index (χ4n) is 5.21. The van der Waals surface area contributed by atoms with E-state index in [2.05, 4.69) is 31.9 Å². The largest absolute Gasteiger partial charge is 0.380 e. The summed E-state index contributed by atoms with van der Waals surface area (Å²) in [6, 6.07) is 17.4. The molecule has 42 heavy (non-hydrogen) atoms. The van der Waals surface area contributed by atoms with E-state index in [-0.39, 0.29) is 6.54 Å². The van der Waals surface area contributed by atoms with Gasteiger partial charge in [0.25, 0.3) is 10.0 Å². The van der Waals surface area contributed by atoms with Crippen LogP contribution < -0.4 is 9.21 Å². The van der Waals surface area contributed by atoms with Crippen LogP contribution in [0.2, 0.25) is 0 Å². The Morgan fingerprint density at radius 1 is 1.07 bits per heavy atom. The van der Waals surface area contributed by atoms with Crippen molar-refractivity contribution in [2.75, 3.05) is 55.1 Å². The van der Waals surface area contributed by atoms with E-state index < -0.39 is 10.0 Å². The van der Waals surface area contributed by atoms with Gasteiger partial charge in [-0.25, -0.2) is 18.4 Å². The molecule has 1 saturated heterocycles. The molecule has 0 atom stereocenters. The molecule has 4 aromatic heterocycles. The number of nitrogens with zero attached hydrogens (tertiary/aromatic N) is 5. The number of nitrogens with one attached hydrogen (secondary N) is 1. The third-order valence-electron chi connectivity index (χ3n) is 7.32. The van der Waals surface area contributed by atoms with E-state index in [0.29, 0.717) is 23.1 Å². The molecule has 6 rings (SSSR count). The molecule has 9 nitrogen and oxygen atoms in total. The van der Waals surface area contributed by atoms with E-state index in [1.807, 2.05) is 50.4 Å². The second kappa shape index (κ2) is 12.5. The van der Waals surface area contributed by atoms with Crippen molar-refractivity contribution in [1.82, 2.24) is 19.9 Å². The van der Waals surface area contributed by atoms with E-state index >= 15 is 0 Å². The number of aromatic amines is 1. The van der Waals surface area contributed by atoms with Gasteiger partial charge >= 0.3 is 0 Å². The first-order valence-corrected chi connectivity index (χ1v) is 17.2. The Bertz CT molecular complexity index is 1740. The van der Waals surface area contributed by atoms with E-state index in [1.165, 1.54) is 20.5 Å². The number of hydrogen-bond donors (Lipinski definition) is 1. The first kappa shape index (κ1) is 28.8. The quantitative estimate of drug-likeness (QED) is 0.191. The summed E-state index contributed by atoms with van der Waals surface area (Å²) in [4.78, 5) is 18.9. The molecule has 1 aliphatic heterocycles. The number of aromatic nitrogens is 3. The number of para-hydroxylation sites is 1. The molecule has 1 N–H and O–H groups in total. The Morgan fingerprint density at radius 2 is 1.90 bits per heavy atom. The topological polar surface area (TPSA) is 94.7 Å². The summed E-state index contributed by atoms with van der Waals surface area (Å²) >= 11 is 2.89. The zero-order valence-electron chi connectivity index (χ0n) is 23.7. The minimum absolute atomic E-state index is 0.218. The number of anilines is 2. The Kier molecular flexibility index (Phi) is 8.59. The van der Waals surface area contributed by atoms with Crippen LogP contribution in [0, 0.1) is 6.92 Å². The number of pyridine rings is 1. The van der Waals surface area contributed by atoms with Gasteiger partial charge in [0, 0.05) is 61.5 Å². The van der Waals surface area contributed by atoms with E-state index in [4.69, 9.17) is 9.72 Å². The number of hydrogen-bond acceptors (Lipinski definition) is 9. The van der Waals surface area contributed by atoms with Gasteiger partial charge in [0.15, 0.2) is 0 Å². The summed E-state index contributed by atoms with van der Waals surface area (Å²) in [7, 11) is -3.75. The predicted octanol–water partition coefficient (Wildman–Crippen LogP) is 5.61. The second-order valence-electron chi connectivity index (χ2n) is 10.2. The fourth-order valence-corrected chi connectivity index (χ4v) is 8.70. The van der Waals surface area contributed by atoms with Gasteiger partial charge in [-0.1, -0.05) is 24.3 Å². The number of ether oxygens (including phenoxy) is 1. The molecule has 0 aliphatic carbocycles. The smallest absolute Gasteiger partial charge is 0.273 e. The van der Waals surface area contributed by atoms with Gasteiger partial charge in [0.1, 0.15) is 15.0 Å². The Morgan fingerprint density at radius 3 is 2.67 bits per heavy atom. The maximum atomic E-state index is 13.7. The molecule has 0 unspecified atom stereocenters. The molecular weight excluding hydrogens is 589 g/mol. The van der Waals surface area contributed by atoms with Crippen molar-refractivity contribution in [3.05, 3.63) is 76.7 Å². The number of rotatable bonds is 11. The van der Waals surface area contributed by atoms with E-state index in [1.54, 1.807) is 28.8 Å². The summed E-state index contributed by atoms with van der Waals surface area (Å²) in [5.74, 6) is 1.05. The Hall–Kier alpha value is -3.29. The molecule has 0 radical (unpaired) electrons. The molecule has 0 amide bonds. The highest BCUT2D eigenvalue weighted by atomic mass is 32.2. The van der Waals surface area contributed by atoms with Gasteiger partial charge < -0.3 is 14.6 Å². The lowest BCUT2D eigenvalue weighted by atomic mass is 10.2. The van der Waals surface area contributed by atoms with Crippen molar-refractivity contribution in [2.45, 2.75) is 24.6 Å². The zero-order chi connectivity index (χ0) is 29.1. The number of benzene rings is 1. The minimum atomic E-state index is -3.75. The van der Waals surface area contributed by atoms with Gasteiger partial charge in [0.2, 0.25) is 0 Å². The number of thiazole rings is 1. The van der Waals surface area contributed by atoms with Crippen molar-refractivity contribution < 1.29 is 13.2 Å². The highest BCUT2D eigenvalue weighted by Crippen LogP contribution is 2.35. The molecule has 12 heteroatoms. The van der Waals surface area contributed by atoms with Gasteiger partial charge in [0.05, 0.1) is 30.0 Å². The van der Waals surface area contributed by atoms with Gasteiger partial charge in [-0.15, -0.1) is 22.7 Å². The van der Waals surface area contributed by atoms with Gasteiger partial charge in [-0.3, -0.25) is 9.21 Å². The molecule has 5 heterocycles. The number of thiophene rings is 1. The van der Waals surface area contributed by atoms with Crippen LogP contribution >= 0.6 is 22.7 Å². The lowest BCUT2D eigenvalue weighted by Crippen LogP contribution is -2.46. The molecule has 1 aromatic carbocycles. The van der Waals surface area contributed by atoms with Crippen LogP contribution in [-0.4, -0.2) is 74.2 Å². The maximum Gasteiger partial charge on any atom is 0.273 e. The second-order valence-corrected chi connectivity index (χ2v) is 14.3. The molecule has 1 aliphatic rings. The van der Waals surface area contributed by atoms with Gasteiger partial charge in [-0.2, -0.15) is 0 Å². The summed E-state index contributed by atoms with van der Waals surface area (Å²) in [5, 5.41) is 3.60. The third kappa shape index (κ3) is 6.09. The minimum Gasteiger partial charge on any atom is -0.380 e. The lowest BCUT2D eigenvalue weighted by molar-refractivity contribution is 0.156. The van der Waals surface area contributed by atoms with Crippen LogP contribution in [-0.2, 0) is 21.3 Å². The highest BCUT2D eigenvalue weighted by molar-refractivity contribution is 7.94. The van der Waals surface area contributed by atoms with Crippen molar-refractivity contribution >= 4 is 55.1 Å². The number of aryl methyl sites for hydroxylation is 1. The van der Waals surface area contributed by atoms with Crippen molar-refractivity contribution in [1.29, 1.82) is 0 Å². The average Bonchev–Trinajstić information content (AvgIpc) is 3.77. The van der Waals surface area contributed by atoms with Crippen LogP contribution in [0.4, 0.5) is 11.5 Å². The summed E-state index contributed by atoms with van der Waals surface area (Å²) in [6.07, 6.45) is 1.95. The molecule has 5 aromatic rings. The SMILES string of the molecule is CCOCCN(c1cccc2cc(-c3ncc(CN4CCN(c5cccc(C)n5)CC4)s3)[nH]c12)S(=O)(=O)c1cccs1. The van der Waals surface area contributed by atoms with Crippen LogP contribution in [0.15, 0.2) is 70.4 Å².